The Bertz CT molecular complexity index is 1290. The minimum Gasteiger partial charge on any atom is -0.508 e. The molecule has 0 unspecified atom stereocenters. The number of phenols is 1. The zero-order valence-electron chi connectivity index (χ0n) is 16.2. The number of phenolic OH excluding ortho intramolecular Hbond substituents is 1. The van der Waals surface area contributed by atoms with E-state index in [4.69, 9.17) is 0 Å². The number of alkyl halides is 3. The lowest BCUT2D eigenvalue weighted by atomic mass is 10.1. The zero-order chi connectivity index (χ0) is 22.1. The summed E-state index contributed by atoms with van der Waals surface area (Å²) >= 11 is 0. The first-order chi connectivity index (χ1) is 14.0. The molecule has 0 saturated heterocycles. The fourth-order valence-corrected chi connectivity index (χ4v) is 3.80. The Hall–Kier alpha value is -3.06. The SMILES string of the molecule is Cc1ccc2ccc(O)cc2c1.Cc1ccc2ccc(S(=O)(=O)C(F)(F)F)cc2c1. The molecular formula is C23H19F3O3S. The van der Waals surface area contributed by atoms with E-state index >= 15 is 0 Å². The first-order valence-electron chi connectivity index (χ1n) is 8.98. The second kappa shape index (κ2) is 7.99. The van der Waals surface area contributed by atoms with E-state index in [1.807, 2.05) is 13.0 Å². The summed E-state index contributed by atoms with van der Waals surface area (Å²) < 4.78 is 59.7. The third-order valence-corrected chi connectivity index (χ3v) is 6.05. The lowest BCUT2D eigenvalue weighted by molar-refractivity contribution is -0.0435. The third-order valence-electron chi connectivity index (χ3n) is 4.56. The normalized spacial score (nSPS) is 11.9. The number of halogens is 3. The maximum atomic E-state index is 12.4. The van der Waals surface area contributed by atoms with Gasteiger partial charge in [-0.15, -0.1) is 0 Å². The molecule has 0 amide bonds. The Labute approximate surface area is 172 Å². The molecule has 0 spiro atoms. The largest absolute Gasteiger partial charge is 0.508 e. The van der Waals surface area contributed by atoms with Gasteiger partial charge in [0.15, 0.2) is 0 Å². The van der Waals surface area contributed by atoms with E-state index in [1.54, 1.807) is 37.3 Å². The van der Waals surface area contributed by atoms with Crippen molar-refractivity contribution in [3.05, 3.63) is 83.9 Å². The summed E-state index contributed by atoms with van der Waals surface area (Å²) in [5.74, 6) is 0.327. The quantitative estimate of drug-likeness (QED) is 0.384. The van der Waals surface area contributed by atoms with Gasteiger partial charge in [0.2, 0.25) is 0 Å². The number of sulfone groups is 1. The minimum atomic E-state index is -5.28. The number of hydrogen-bond donors (Lipinski definition) is 1. The number of hydrogen-bond acceptors (Lipinski definition) is 3. The molecule has 0 saturated carbocycles. The second-order valence-electron chi connectivity index (χ2n) is 7.00. The molecule has 7 heteroatoms. The van der Waals surface area contributed by atoms with E-state index in [2.05, 4.69) is 18.2 Å². The van der Waals surface area contributed by atoms with Gasteiger partial charge >= 0.3 is 5.51 Å². The molecule has 0 aliphatic carbocycles. The molecule has 0 radical (unpaired) electrons. The molecule has 1 N–H and O–H groups in total. The van der Waals surface area contributed by atoms with Crippen LogP contribution >= 0.6 is 0 Å². The summed E-state index contributed by atoms with van der Waals surface area (Å²) in [5.41, 5.74) is -3.21. The van der Waals surface area contributed by atoms with Crippen LogP contribution in [0.5, 0.6) is 5.75 Å². The van der Waals surface area contributed by atoms with Gasteiger partial charge in [0.05, 0.1) is 4.90 Å². The number of rotatable bonds is 1. The van der Waals surface area contributed by atoms with Gasteiger partial charge in [-0.25, -0.2) is 8.42 Å². The van der Waals surface area contributed by atoms with Crippen molar-refractivity contribution in [1.82, 2.24) is 0 Å². The maximum absolute atomic E-state index is 12.4. The maximum Gasteiger partial charge on any atom is 0.501 e. The lowest BCUT2D eigenvalue weighted by Gasteiger charge is -2.09. The van der Waals surface area contributed by atoms with Gasteiger partial charge in [-0.1, -0.05) is 59.7 Å². The van der Waals surface area contributed by atoms with E-state index in [9.17, 15) is 26.7 Å². The highest BCUT2D eigenvalue weighted by molar-refractivity contribution is 7.92. The summed E-state index contributed by atoms with van der Waals surface area (Å²) in [6.07, 6.45) is 0. The summed E-state index contributed by atoms with van der Waals surface area (Å²) in [6, 6.07) is 20.2. The van der Waals surface area contributed by atoms with Crippen molar-refractivity contribution in [1.29, 1.82) is 0 Å². The molecule has 4 aromatic rings. The highest BCUT2D eigenvalue weighted by Gasteiger charge is 2.46. The molecule has 4 aromatic carbocycles. The topological polar surface area (TPSA) is 54.4 Å². The van der Waals surface area contributed by atoms with Crippen LogP contribution in [0.25, 0.3) is 21.5 Å². The summed E-state index contributed by atoms with van der Waals surface area (Å²) in [7, 11) is -5.28. The Morgan fingerprint density at radius 1 is 0.667 bits per heavy atom. The van der Waals surface area contributed by atoms with E-state index < -0.39 is 20.2 Å². The van der Waals surface area contributed by atoms with Crippen LogP contribution in [0.4, 0.5) is 13.2 Å². The number of fused-ring (bicyclic) bond motifs is 2. The van der Waals surface area contributed by atoms with Crippen molar-refractivity contribution < 1.29 is 26.7 Å². The lowest BCUT2D eigenvalue weighted by Crippen LogP contribution is -2.23. The fourth-order valence-electron chi connectivity index (χ4n) is 3.00. The van der Waals surface area contributed by atoms with Gasteiger partial charge in [0.25, 0.3) is 9.84 Å². The van der Waals surface area contributed by atoms with E-state index in [-0.39, 0.29) is 0 Å². The summed E-state index contributed by atoms with van der Waals surface area (Å²) in [4.78, 5) is -0.729. The highest BCUT2D eigenvalue weighted by atomic mass is 32.2. The predicted octanol–water partition coefficient (Wildman–Crippen LogP) is 6.30. The van der Waals surface area contributed by atoms with Crippen molar-refractivity contribution in [2.45, 2.75) is 24.3 Å². The molecule has 0 aromatic heterocycles. The fraction of sp³-hybridized carbons (Fsp3) is 0.130. The van der Waals surface area contributed by atoms with Crippen LogP contribution in [0, 0.1) is 13.8 Å². The van der Waals surface area contributed by atoms with Crippen LogP contribution in [0.1, 0.15) is 11.1 Å². The van der Waals surface area contributed by atoms with Crippen LogP contribution in [0.2, 0.25) is 0 Å². The van der Waals surface area contributed by atoms with Gasteiger partial charge in [-0.2, -0.15) is 13.2 Å². The van der Waals surface area contributed by atoms with Crippen molar-refractivity contribution in [3.63, 3.8) is 0 Å². The molecular weight excluding hydrogens is 413 g/mol. The van der Waals surface area contributed by atoms with Gasteiger partial charge in [0.1, 0.15) is 5.75 Å². The van der Waals surface area contributed by atoms with Crippen LogP contribution in [-0.2, 0) is 9.84 Å². The summed E-state index contributed by atoms with van der Waals surface area (Å²) in [5, 5.41) is 12.6. The Morgan fingerprint density at radius 2 is 1.13 bits per heavy atom. The minimum absolute atomic E-state index is 0.327. The van der Waals surface area contributed by atoms with E-state index in [1.165, 1.54) is 17.0 Å². The zero-order valence-corrected chi connectivity index (χ0v) is 17.1. The van der Waals surface area contributed by atoms with Crippen LogP contribution < -0.4 is 0 Å². The number of benzene rings is 4. The van der Waals surface area contributed by atoms with Crippen LogP contribution in [0.15, 0.2) is 77.7 Å². The van der Waals surface area contributed by atoms with Crippen molar-refractivity contribution in [3.8, 4) is 5.75 Å². The summed E-state index contributed by atoms with van der Waals surface area (Å²) in [6.45, 7) is 3.83. The average Bonchev–Trinajstić information content (AvgIpc) is 2.66. The second-order valence-corrected chi connectivity index (χ2v) is 8.94. The van der Waals surface area contributed by atoms with Crippen LogP contribution in [-0.4, -0.2) is 19.0 Å². The van der Waals surface area contributed by atoms with E-state index in [0.717, 1.165) is 23.1 Å². The van der Waals surface area contributed by atoms with Crippen molar-refractivity contribution >= 4 is 31.4 Å². The van der Waals surface area contributed by atoms with E-state index in [0.29, 0.717) is 16.5 Å². The standard InChI is InChI=1S/C12H9F3O2S.C11H10O/c1-8-2-3-9-4-5-11(7-10(9)6-8)18(16,17)12(13,14)15;1-8-2-3-9-4-5-11(12)7-10(9)6-8/h2-7H,1H3;2-7,12H,1H3. The first kappa shape index (κ1) is 21.6. The monoisotopic (exact) mass is 432 g/mol. The molecule has 0 atom stereocenters. The molecule has 0 heterocycles. The Morgan fingerprint density at radius 3 is 1.67 bits per heavy atom. The van der Waals surface area contributed by atoms with Gasteiger partial charge in [-0.3, -0.25) is 0 Å². The Kier molecular flexibility index (Phi) is 5.76. The smallest absolute Gasteiger partial charge is 0.501 e. The molecule has 156 valence electrons. The molecule has 0 aliphatic heterocycles. The van der Waals surface area contributed by atoms with Gasteiger partial charge in [0, 0.05) is 0 Å². The molecule has 3 nitrogen and oxygen atoms in total. The van der Waals surface area contributed by atoms with Crippen LogP contribution in [0.3, 0.4) is 0 Å². The number of aromatic hydroxyl groups is 1. The number of aryl methyl sites for hydroxylation is 2. The molecule has 0 bridgehead atoms. The van der Waals surface area contributed by atoms with Crippen molar-refractivity contribution in [2.75, 3.05) is 0 Å². The molecule has 0 aliphatic rings. The molecule has 0 fully saturated rings. The first-order valence-corrected chi connectivity index (χ1v) is 10.5. The third kappa shape index (κ3) is 4.57. The van der Waals surface area contributed by atoms with Gasteiger partial charge < -0.3 is 5.11 Å². The molecule has 4 rings (SSSR count). The molecule has 30 heavy (non-hydrogen) atoms. The highest BCUT2D eigenvalue weighted by Crippen LogP contribution is 2.32. The predicted molar refractivity (Wildman–Crippen MR) is 112 cm³/mol. The van der Waals surface area contributed by atoms with Gasteiger partial charge in [-0.05, 0) is 59.7 Å². The average molecular weight is 432 g/mol. The van der Waals surface area contributed by atoms with Crippen molar-refractivity contribution in [2.24, 2.45) is 0 Å². The Balaban J connectivity index is 0.000000184.